The summed E-state index contributed by atoms with van der Waals surface area (Å²) in [6.45, 7) is 7.95. The van der Waals surface area contributed by atoms with Gasteiger partial charge in [-0.2, -0.15) is 0 Å². The summed E-state index contributed by atoms with van der Waals surface area (Å²) in [4.78, 5) is 0. The van der Waals surface area contributed by atoms with Crippen molar-refractivity contribution in [1.82, 2.24) is 0 Å². The summed E-state index contributed by atoms with van der Waals surface area (Å²) in [7, 11) is 0. The first-order valence-electron chi connectivity index (χ1n) is 7.04. The van der Waals surface area contributed by atoms with Gasteiger partial charge in [0.15, 0.2) is 11.5 Å². The first-order chi connectivity index (χ1) is 9.54. The van der Waals surface area contributed by atoms with Crippen molar-refractivity contribution in [3.05, 3.63) is 48.0 Å². The number of hydrogen-bond donors (Lipinski definition) is 0. The van der Waals surface area contributed by atoms with E-state index in [0.29, 0.717) is 13.2 Å². The fourth-order valence-electron chi connectivity index (χ4n) is 2.39. The average Bonchev–Trinajstić information content (AvgIpc) is 2.46. The molecule has 0 spiro atoms. The zero-order valence-corrected chi connectivity index (χ0v) is 12.3. The van der Waals surface area contributed by atoms with E-state index in [-0.39, 0.29) is 5.41 Å². The molecule has 0 saturated heterocycles. The smallest absolute Gasteiger partial charge is 0.161 e. The molecule has 0 saturated carbocycles. The Morgan fingerprint density at radius 3 is 2.25 bits per heavy atom. The van der Waals surface area contributed by atoms with Gasteiger partial charge in [0, 0.05) is 0 Å². The predicted molar refractivity (Wildman–Crippen MR) is 81.6 cm³/mol. The Bertz CT molecular complexity index is 624. The molecule has 3 rings (SSSR count). The molecule has 1 aliphatic heterocycles. The largest absolute Gasteiger partial charge is 0.486 e. The summed E-state index contributed by atoms with van der Waals surface area (Å²) in [5.74, 6) is 1.68. The quantitative estimate of drug-likeness (QED) is 0.762. The molecule has 0 amide bonds. The highest BCUT2D eigenvalue weighted by Gasteiger charge is 2.15. The number of benzene rings is 2. The van der Waals surface area contributed by atoms with Gasteiger partial charge in [0.2, 0.25) is 0 Å². The number of rotatable bonds is 1. The van der Waals surface area contributed by atoms with Crippen molar-refractivity contribution in [2.75, 3.05) is 13.2 Å². The lowest BCUT2D eigenvalue weighted by Gasteiger charge is -2.21. The standard InChI is InChI=1S/C18H20O2/c1-18(2,3)15-6-4-5-13(11-15)14-7-8-16-17(12-14)20-10-9-19-16/h4-8,11-12H,9-10H2,1-3H3. The first kappa shape index (κ1) is 13.0. The molecule has 2 nitrogen and oxygen atoms in total. The maximum atomic E-state index is 5.66. The summed E-state index contributed by atoms with van der Waals surface area (Å²) in [6.07, 6.45) is 0. The lowest BCUT2D eigenvalue weighted by atomic mass is 9.85. The zero-order chi connectivity index (χ0) is 14.2. The van der Waals surface area contributed by atoms with E-state index in [1.54, 1.807) is 0 Å². The Labute approximate surface area is 120 Å². The van der Waals surface area contributed by atoms with Gasteiger partial charge in [-0.1, -0.05) is 51.1 Å². The molecular weight excluding hydrogens is 248 g/mol. The lowest BCUT2D eigenvalue weighted by Crippen LogP contribution is -2.15. The molecule has 0 aromatic heterocycles. The second-order valence-corrected chi connectivity index (χ2v) is 6.19. The molecule has 0 unspecified atom stereocenters. The van der Waals surface area contributed by atoms with Crippen LogP contribution in [0.3, 0.4) is 0 Å². The van der Waals surface area contributed by atoms with Crippen molar-refractivity contribution in [1.29, 1.82) is 0 Å². The highest BCUT2D eigenvalue weighted by molar-refractivity contribution is 5.68. The molecule has 20 heavy (non-hydrogen) atoms. The Hall–Kier alpha value is -1.96. The second-order valence-electron chi connectivity index (χ2n) is 6.19. The van der Waals surface area contributed by atoms with Crippen LogP contribution in [-0.4, -0.2) is 13.2 Å². The molecule has 1 heterocycles. The van der Waals surface area contributed by atoms with Crippen LogP contribution in [-0.2, 0) is 5.41 Å². The third-order valence-corrected chi connectivity index (χ3v) is 3.60. The van der Waals surface area contributed by atoms with Crippen molar-refractivity contribution in [3.8, 4) is 22.6 Å². The third kappa shape index (κ3) is 2.51. The summed E-state index contributed by atoms with van der Waals surface area (Å²) in [5, 5.41) is 0. The van der Waals surface area contributed by atoms with Crippen LogP contribution in [0.15, 0.2) is 42.5 Å². The van der Waals surface area contributed by atoms with E-state index >= 15 is 0 Å². The minimum absolute atomic E-state index is 0.157. The van der Waals surface area contributed by atoms with Crippen molar-refractivity contribution < 1.29 is 9.47 Å². The van der Waals surface area contributed by atoms with E-state index in [2.05, 4.69) is 57.2 Å². The second kappa shape index (κ2) is 4.86. The molecule has 0 bridgehead atoms. The molecule has 0 fully saturated rings. The molecule has 1 aliphatic rings. The molecule has 0 N–H and O–H groups in total. The number of hydrogen-bond acceptors (Lipinski definition) is 2. The summed E-state index contributed by atoms with van der Waals surface area (Å²) in [6, 6.07) is 14.8. The molecule has 2 heteroatoms. The van der Waals surface area contributed by atoms with Crippen LogP contribution < -0.4 is 9.47 Å². The lowest BCUT2D eigenvalue weighted by molar-refractivity contribution is 0.171. The Balaban J connectivity index is 2.01. The van der Waals surface area contributed by atoms with Crippen molar-refractivity contribution in [3.63, 3.8) is 0 Å². The van der Waals surface area contributed by atoms with Crippen LogP contribution in [0.25, 0.3) is 11.1 Å². The van der Waals surface area contributed by atoms with Gasteiger partial charge in [0.25, 0.3) is 0 Å². The van der Waals surface area contributed by atoms with Gasteiger partial charge in [-0.05, 0) is 34.2 Å². The summed E-state index contributed by atoms with van der Waals surface area (Å²) >= 11 is 0. The van der Waals surface area contributed by atoms with Crippen LogP contribution in [0, 0.1) is 0 Å². The van der Waals surface area contributed by atoms with Crippen LogP contribution in [0.5, 0.6) is 11.5 Å². The fourth-order valence-corrected chi connectivity index (χ4v) is 2.39. The Morgan fingerprint density at radius 1 is 0.800 bits per heavy atom. The van der Waals surface area contributed by atoms with Gasteiger partial charge in [-0.15, -0.1) is 0 Å². The van der Waals surface area contributed by atoms with Crippen molar-refractivity contribution >= 4 is 0 Å². The summed E-state index contributed by atoms with van der Waals surface area (Å²) in [5.41, 5.74) is 3.88. The Kier molecular flexibility index (Phi) is 3.17. The molecule has 2 aromatic rings. The molecule has 0 radical (unpaired) electrons. The van der Waals surface area contributed by atoms with Crippen LogP contribution in [0.4, 0.5) is 0 Å². The van der Waals surface area contributed by atoms with Gasteiger partial charge in [0.05, 0.1) is 0 Å². The van der Waals surface area contributed by atoms with Crippen LogP contribution in [0.2, 0.25) is 0 Å². The van der Waals surface area contributed by atoms with E-state index in [9.17, 15) is 0 Å². The minimum Gasteiger partial charge on any atom is -0.486 e. The normalized spacial score (nSPS) is 14.2. The number of fused-ring (bicyclic) bond motifs is 1. The molecule has 2 aromatic carbocycles. The summed E-state index contributed by atoms with van der Waals surface area (Å²) < 4.78 is 11.2. The van der Waals surface area contributed by atoms with E-state index in [1.807, 2.05) is 6.07 Å². The van der Waals surface area contributed by atoms with E-state index in [0.717, 1.165) is 11.5 Å². The van der Waals surface area contributed by atoms with Gasteiger partial charge < -0.3 is 9.47 Å². The van der Waals surface area contributed by atoms with E-state index in [1.165, 1.54) is 16.7 Å². The van der Waals surface area contributed by atoms with E-state index < -0.39 is 0 Å². The highest BCUT2D eigenvalue weighted by atomic mass is 16.6. The van der Waals surface area contributed by atoms with Gasteiger partial charge >= 0.3 is 0 Å². The average molecular weight is 268 g/mol. The maximum absolute atomic E-state index is 5.66. The fraction of sp³-hybridized carbons (Fsp3) is 0.333. The van der Waals surface area contributed by atoms with Gasteiger partial charge in [0.1, 0.15) is 13.2 Å². The topological polar surface area (TPSA) is 18.5 Å². The Morgan fingerprint density at radius 2 is 1.50 bits per heavy atom. The SMILES string of the molecule is CC(C)(C)c1cccc(-c2ccc3c(c2)OCCO3)c1. The van der Waals surface area contributed by atoms with E-state index in [4.69, 9.17) is 9.47 Å². The minimum atomic E-state index is 0.157. The molecule has 0 aliphatic carbocycles. The van der Waals surface area contributed by atoms with Crippen molar-refractivity contribution in [2.45, 2.75) is 26.2 Å². The van der Waals surface area contributed by atoms with Crippen LogP contribution >= 0.6 is 0 Å². The molecule has 104 valence electrons. The molecule has 0 atom stereocenters. The highest BCUT2D eigenvalue weighted by Crippen LogP contribution is 2.35. The maximum Gasteiger partial charge on any atom is 0.161 e. The van der Waals surface area contributed by atoms with Crippen LogP contribution in [0.1, 0.15) is 26.3 Å². The third-order valence-electron chi connectivity index (χ3n) is 3.60. The predicted octanol–water partition coefficient (Wildman–Crippen LogP) is 4.42. The monoisotopic (exact) mass is 268 g/mol. The van der Waals surface area contributed by atoms with Gasteiger partial charge in [-0.25, -0.2) is 0 Å². The van der Waals surface area contributed by atoms with Gasteiger partial charge in [-0.3, -0.25) is 0 Å². The number of ether oxygens (including phenoxy) is 2. The molecular formula is C18H20O2. The zero-order valence-electron chi connectivity index (χ0n) is 12.3. The first-order valence-corrected chi connectivity index (χ1v) is 7.04. The van der Waals surface area contributed by atoms with Crippen molar-refractivity contribution in [2.24, 2.45) is 0 Å².